The highest BCUT2D eigenvalue weighted by Crippen LogP contribution is 2.48. The fourth-order valence-electron chi connectivity index (χ4n) is 2.15. The summed E-state index contributed by atoms with van der Waals surface area (Å²) in [6.45, 7) is 3.75. The van der Waals surface area contributed by atoms with Gasteiger partial charge in [0, 0.05) is 5.56 Å². The van der Waals surface area contributed by atoms with Gasteiger partial charge < -0.3 is 0 Å². The Morgan fingerprint density at radius 2 is 1.14 bits per heavy atom. The highest BCUT2D eigenvalue weighted by Gasteiger charge is 2.64. The van der Waals surface area contributed by atoms with Gasteiger partial charge in [-0.3, -0.25) is 0 Å². The van der Waals surface area contributed by atoms with Crippen LogP contribution in [-0.4, -0.2) is 13.6 Å². The highest BCUT2D eigenvalue weighted by molar-refractivity contribution is 6.78. The first kappa shape index (κ1) is 16.7. The smallest absolute Gasteiger partial charge is 0.205 e. The number of alkyl halides is 4. The van der Waals surface area contributed by atoms with Crippen molar-refractivity contribution in [1.82, 2.24) is 0 Å². The molecule has 2 rings (SSSR count). The first-order chi connectivity index (χ1) is 10.1. The van der Waals surface area contributed by atoms with E-state index in [1.165, 1.54) is 31.8 Å². The Kier molecular flexibility index (Phi) is 4.21. The summed E-state index contributed by atoms with van der Waals surface area (Å²) >= 11 is 0. The lowest BCUT2D eigenvalue weighted by atomic mass is 10.0. The molecule has 0 radical (unpaired) electrons. The first-order valence-electron chi connectivity index (χ1n) is 6.99. The van der Waals surface area contributed by atoms with Crippen molar-refractivity contribution in [3.05, 3.63) is 60.2 Å². The Morgan fingerprint density at radius 1 is 0.682 bits per heavy atom. The summed E-state index contributed by atoms with van der Waals surface area (Å²) in [6.07, 6.45) is 0. The Hall–Kier alpha value is -1.62. The first-order valence-corrected chi connectivity index (χ1v) is 10.5. The van der Waals surface area contributed by atoms with Crippen molar-refractivity contribution in [2.75, 3.05) is 0 Å². The van der Waals surface area contributed by atoms with Gasteiger partial charge in [-0.25, -0.2) is 8.78 Å². The summed E-state index contributed by atoms with van der Waals surface area (Å²) < 4.78 is 56.8. The number of rotatable bonds is 4. The molecule has 0 nitrogen and oxygen atoms in total. The summed E-state index contributed by atoms with van der Waals surface area (Å²) in [6, 6.07) is 14.3. The number of hydrogen-bond donors (Lipinski definition) is 0. The Bertz CT molecular complexity index is 628. The molecule has 0 aliphatic heterocycles. The molecule has 2 aromatic rings. The molecule has 0 N–H and O–H groups in total. The molecular formula is C17H18F4Si. The predicted octanol–water partition coefficient (Wildman–Crippen LogP) is 5.96. The predicted molar refractivity (Wildman–Crippen MR) is 84.1 cm³/mol. The van der Waals surface area contributed by atoms with Gasteiger partial charge >= 0.3 is 5.92 Å². The van der Waals surface area contributed by atoms with Crippen LogP contribution >= 0.6 is 0 Å². The van der Waals surface area contributed by atoms with E-state index in [2.05, 4.69) is 0 Å². The van der Waals surface area contributed by atoms with E-state index in [1.807, 2.05) is 30.3 Å². The van der Waals surface area contributed by atoms with Gasteiger partial charge in [0.05, 0.1) is 0 Å². The molecule has 2 aromatic carbocycles. The molecule has 22 heavy (non-hydrogen) atoms. The van der Waals surface area contributed by atoms with Gasteiger partial charge in [-0.2, -0.15) is 8.78 Å². The summed E-state index contributed by atoms with van der Waals surface area (Å²) in [7, 11) is -3.36. The largest absolute Gasteiger partial charge is 0.331 e. The third kappa shape index (κ3) is 2.82. The lowest BCUT2D eigenvalue weighted by molar-refractivity contribution is -0.171. The van der Waals surface area contributed by atoms with E-state index in [0.717, 1.165) is 23.3 Å². The van der Waals surface area contributed by atoms with Crippen LogP contribution in [0.2, 0.25) is 19.6 Å². The summed E-state index contributed by atoms with van der Waals surface area (Å²) in [5, 5.41) is 0. The maximum absolute atomic E-state index is 14.2. The van der Waals surface area contributed by atoms with Gasteiger partial charge in [-0.05, 0) is 11.1 Å². The summed E-state index contributed by atoms with van der Waals surface area (Å²) in [5.41, 5.74) is -3.07. The summed E-state index contributed by atoms with van der Waals surface area (Å²) in [4.78, 5) is 0. The molecule has 0 bridgehead atoms. The van der Waals surface area contributed by atoms with E-state index in [0.29, 0.717) is 0 Å². The zero-order valence-corrected chi connectivity index (χ0v) is 13.7. The van der Waals surface area contributed by atoms with Crippen molar-refractivity contribution < 1.29 is 17.6 Å². The van der Waals surface area contributed by atoms with Crippen LogP contribution in [0.5, 0.6) is 0 Å². The van der Waals surface area contributed by atoms with E-state index in [-0.39, 0.29) is 0 Å². The van der Waals surface area contributed by atoms with Crippen molar-refractivity contribution in [3.63, 3.8) is 0 Å². The minimum Gasteiger partial charge on any atom is -0.205 e. The molecule has 0 unspecified atom stereocenters. The minimum absolute atomic E-state index is 0.639. The van der Waals surface area contributed by atoms with Gasteiger partial charge in [0.1, 0.15) is 8.07 Å². The molecule has 0 spiro atoms. The van der Waals surface area contributed by atoms with Crippen LogP contribution in [0.1, 0.15) is 5.56 Å². The lowest BCUT2D eigenvalue weighted by Gasteiger charge is -2.35. The fraction of sp³-hybridized carbons (Fsp3) is 0.294. The zero-order valence-electron chi connectivity index (χ0n) is 12.7. The van der Waals surface area contributed by atoms with E-state index in [9.17, 15) is 17.6 Å². The van der Waals surface area contributed by atoms with E-state index >= 15 is 0 Å². The Balaban J connectivity index is 2.38. The fourth-order valence-corrected chi connectivity index (χ4v) is 3.24. The molecule has 0 fully saturated rings. The Morgan fingerprint density at radius 3 is 1.59 bits per heavy atom. The molecule has 0 saturated heterocycles. The van der Waals surface area contributed by atoms with Crippen LogP contribution in [0.4, 0.5) is 17.6 Å². The van der Waals surface area contributed by atoms with Crippen molar-refractivity contribution in [1.29, 1.82) is 0 Å². The number of halogens is 4. The van der Waals surface area contributed by atoms with E-state index < -0.39 is 25.1 Å². The highest BCUT2D eigenvalue weighted by atomic mass is 28.3. The number of hydrogen-bond acceptors (Lipinski definition) is 0. The minimum atomic E-state index is -4.16. The quantitative estimate of drug-likeness (QED) is 0.480. The van der Waals surface area contributed by atoms with Gasteiger partial charge in [0.15, 0.2) is 0 Å². The molecule has 0 amide bonds. The molecule has 5 heteroatoms. The van der Waals surface area contributed by atoms with Crippen LogP contribution in [0.25, 0.3) is 11.1 Å². The molecule has 0 heterocycles. The van der Waals surface area contributed by atoms with Crippen LogP contribution in [0.3, 0.4) is 0 Å². The topological polar surface area (TPSA) is 0 Å². The monoisotopic (exact) mass is 326 g/mol. The maximum atomic E-state index is 14.2. The third-order valence-corrected chi connectivity index (χ3v) is 5.89. The third-order valence-electron chi connectivity index (χ3n) is 3.69. The van der Waals surface area contributed by atoms with E-state index in [4.69, 9.17) is 0 Å². The van der Waals surface area contributed by atoms with Crippen molar-refractivity contribution in [2.45, 2.75) is 31.1 Å². The van der Waals surface area contributed by atoms with Crippen LogP contribution in [0, 0.1) is 0 Å². The lowest BCUT2D eigenvalue weighted by Crippen LogP contribution is -2.55. The SMILES string of the molecule is C[Si](C)(C)C(F)(F)C(F)(F)c1ccc(-c2ccccc2)cc1. The van der Waals surface area contributed by atoms with Gasteiger partial charge in [-0.1, -0.05) is 74.2 Å². The average Bonchev–Trinajstić information content (AvgIpc) is 2.47. The maximum Gasteiger partial charge on any atom is 0.331 e. The van der Waals surface area contributed by atoms with Gasteiger partial charge in [0.25, 0.3) is 5.55 Å². The molecule has 0 atom stereocenters. The normalized spacial score (nSPS) is 13.2. The summed E-state index contributed by atoms with van der Waals surface area (Å²) in [5.74, 6) is -4.16. The molecule has 0 aliphatic rings. The number of benzene rings is 2. The molecule has 0 saturated carbocycles. The van der Waals surface area contributed by atoms with Crippen molar-refractivity contribution >= 4 is 8.07 Å². The van der Waals surface area contributed by atoms with Crippen LogP contribution < -0.4 is 0 Å². The second-order valence-corrected chi connectivity index (χ2v) is 11.5. The van der Waals surface area contributed by atoms with Gasteiger partial charge in [0.2, 0.25) is 0 Å². The molecule has 0 aliphatic carbocycles. The average molecular weight is 326 g/mol. The zero-order chi connectivity index (χ0) is 16.6. The van der Waals surface area contributed by atoms with Crippen molar-refractivity contribution in [3.8, 4) is 11.1 Å². The second-order valence-electron chi connectivity index (χ2n) is 6.34. The van der Waals surface area contributed by atoms with Gasteiger partial charge in [-0.15, -0.1) is 0 Å². The standard InChI is InChI=1S/C17H18F4Si/c1-22(2,3)17(20,21)16(18,19)15-11-9-14(10-12-15)13-7-5-4-6-8-13/h4-12H,1-3H3. The molecule has 0 aromatic heterocycles. The van der Waals surface area contributed by atoms with Crippen molar-refractivity contribution in [2.24, 2.45) is 0 Å². The molecule has 118 valence electrons. The second kappa shape index (κ2) is 5.54. The molecular weight excluding hydrogens is 308 g/mol. The van der Waals surface area contributed by atoms with Crippen LogP contribution in [-0.2, 0) is 5.92 Å². The van der Waals surface area contributed by atoms with E-state index in [1.54, 1.807) is 0 Å². The van der Waals surface area contributed by atoms with Crippen LogP contribution in [0.15, 0.2) is 54.6 Å². The Labute approximate surface area is 128 Å².